The Balaban J connectivity index is 0.00000121. The summed E-state index contributed by atoms with van der Waals surface area (Å²) in [7, 11) is 4.19. The van der Waals surface area contributed by atoms with Crippen molar-refractivity contribution >= 4 is 0 Å². The van der Waals surface area contributed by atoms with Crippen LogP contribution in [-0.2, 0) is 6.54 Å². The molecular formula is C15H28N2. The van der Waals surface area contributed by atoms with Crippen LogP contribution in [-0.4, -0.2) is 31.6 Å². The van der Waals surface area contributed by atoms with Crippen molar-refractivity contribution in [1.82, 2.24) is 10.2 Å². The number of nitrogens with zero attached hydrogens (tertiary/aromatic N) is 1. The van der Waals surface area contributed by atoms with Crippen LogP contribution >= 0.6 is 0 Å². The molecule has 0 saturated heterocycles. The van der Waals surface area contributed by atoms with Crippen LogP contribution in [0.3, 0.4) is 0 Å². The first kappa shape index (κ1) is 16.1. The standard InChI is InChI=1S/C13H22N2.C2H6/c1-12(14-2)9-10-15(3)11-13-7-5-4-6-8-13;1-2/h4-8,12,14H,9-11H2,1-3H3;1-2H3. The molecule has 0 aliphatic heterocycles. The summed E-state index contributed by atoms with van der Waals surface area (Å²) in [6.45, 7) is 8.39. The third-order valence-corrected chi connectivity index (χ3v) is 2.73. The lowest BCUT2D eigenvalue weighted by atomic mass is 10.2. The zero-order valence-corrected chi connectivity index (χ0v) is 12.0. The Morgan fingerprint density at radius 1 is 1.18 bits per heavy atom. The monoisotopic (exact) mass is 236 g/mol. The van der Waals surface area contributed by atoms with Gasteiger partial charge in [-0.2, -0.15) is 0 Å². The second-order valence-corrected chi connectivity index (χ2v) is 4.20. The first-order chi connectivity index (χ1) is 8.22. The highest BCUT2D eigenvalue weighted by Crippen LogP contribution is 2.03. The molecule has 0 fully saturated rings. The van der Waals surface area contributed by atoms with E-state index in [9.17, 15) is 0 Å². The summed E-state index contributed by atoms with van der Waals surface area (Å²) >= 11 is 0. The molecule has 0 aromatic heterocycles. The normalized spacial score (nSPS) is 11.9. The van der Waals surface area contributed by atoms with E-state index in [0.29, 0.717) is 6.04 Å². The summed E-state index contributed by atoms with van der Waals surface area (Å²) < 4.78 is 0. The van der Waals surface area contributed by atoms with Gasteiger partial charge in [0, 0.05) is 12.6 Å². The smallest absolute Gasteiger partial charge is 0.0230 e. The van der Waals surface area contributed by atoms with E-state index in [1.165, 1.54) is 12.0 Å². The van der Waals surface area contributed by atoms with Crippen molar-refractivity contribution in [1.29, 1.82) is 0 Å². The summed E-state index contributed by atoms with van der Waals surface area (Å²) in [6, 6.07) is 11.2. The average molecular weight is 236 g/mol. The lowest BCUT2D eigenvalue weighted by Gasteiger charge is -2.19. The number of benzene rings is 1. The zero-order chi connectivity index (χ0) is 13.1. The number of hydrogen-bond acceptors (Lipinski definition) is 2. The molecule has 2 nitrogen and oxygen atoms in total. The molecule has 1 unspecified atom stereocenters. The third-order valence-electron chi connectivity index (χ3n) is 2.73. The molecule has 0 aliphatic carbocycles. The van der Waals surface area contributed by atoms with Gasteiger partial charge in [-0.25, -0.2) is 0 Å². The molecule has 1 rings (SSSR count). The molecule has 1 aromatic carbocycles. The molecule has 0 amide bonds. The van der Waals surface area contributed by atoms with Crippen LogP contribution in [0.25, 0.3) is 0 Å². The SMILES string of the molecule is CC.CNC(C)CCN(C)Cc1ccccc1. The van der Waals surface area contributed by atoms with Gasteiger partial charge >= 0.3 is 0 Å². The van der Waals surface area contributed by atoms with E-state index < -0.39 is 0 Å². The van der Waals surface area contributed by atoms with E-state index in [2.05, 4.69) is 54.5 Å². The van der Waals surface area contributed by atoms with E-state index in [0.717, 1.165) is 13.1 Å². The molecule has 98 valence electrons. The minimum absolute atomic E-state index is 0.600. The summed E-state index contributed by atoms with van der Waals surface area (Å²) in [5.74, 6) is 0. The van der Waals surface area contributed by atoms with Gasteiger partial charge in [-0.1, -0.05) is 44.2 Å². The van der Waals surface area contributed by atoms with Gasteiger partial charge < -0.3 is 10.2 Å². The van der Waals surface area contributed by atoms with Gasteiger partial charge in [0.15, 0.2) is 0 Å². The number of rotatable bonds is 6. The highest BCUT2D eigenvalue weighted by Gasteiger charge is 2.02. The van der Waals surface area contributed by atoms with Crippen LogP contribution in [0.15, 0.2) is 30.3 Å². The number of hydrogen-bond donors (Lipinski definition) is 1. The lowest BCUT2D eigenvalue weighted by molar-refractivity contribution is 0.307. The molecule has 0 spiro atoms. The Hall–Kier alpha value is -0.860. The Kier molecular flexibility index (Phi) is 9.78. The van der Waals surface area contributed by atoms with Crippen molar-refractivity contribution in [3.05, 3.63) is 35.9 Å². The van der Waals surface area contributed by atoms with Crippen molar-refractivity contribution in [3.8, 4) is 0 Å². The maximum atomic E-state index is 3.26. The molecule has 0 bridgehead atoms. The molecule has 1 aromatic rings. The Morgan fingerprint density at radius 2 is 1.76 bits per heavy atom. The van der Waals surface area contributed by atoms with Gasteiger partial charge in [-0.05, 0) is 39.5 Å². The van der Waals surface area contributed by atoms with Crippen LogP contribution < -0.4 is 5.32 Å². The zero-order valence-electron chi connectivity index (χ0n) is 12.0. The van der Waals surface area contributed by atoms with Crippen LogP contribution in [0.2, 0.25) is 0 Å². The summed E-state index contributed by atoms with van der Waals surface area (Å²) in [5.41, 5.74) is 1.39. The van der Waals surface area contributed by atoms with Crippen LogP contribution in [0, 0.1) is 0 Å². The Bertz CT molecular complexity index is 259. The summed E-state index contributed by atoms with van der Waals surface area (Å²) in [6.07, 6.45) is 1.19. The van der Waals surface area contributed by atoms with Crippen molar-refractivity contribution in [2.75, 3.05) is 20.6 Å². The van der Waals surface area contributed by atoms with Gasteiger partial charge in [0.25, 0.3) is 0 Å². The quantitative estimate of drug-likeness (QED) is 0.816. The molecule has 1 N–H and O–H groups in total. The highest BCUT2D eigenvalue weighted by atomic mass is 15.1. The second kappa shape index (κ2) is 10.3. The molecule has 0 heterocycles. The fourth-order valence-electron chi connectivity index (χ4n) is 1.53. The van der Waals surface area contributed by atoms with Gasteiger partial charge in [0.2, 0.25) is 0 Å². The van der Waals surface area contributed by atoms with Crippen LogP contribution in [0.5, 0.6) is 0 Å². The van der Waals surface area contributed by atoms with Gasteiger partial charge in [0.05, 0.1) is 0 Å². The van der Waals surface area contributed by atoms with Gasteiger partial charge in [0.1, 0.15) is 0 Å². The van der Waals surface area contributed by atoms with Crippen LogP contribution in [0.1, 0.15) is 32.8 Å². The predicted octanol–water partition coefficient (Wildman–Crippen LogP) is 3.14. The van der Waals surface area contributed by atoms with Gasteiger partial charge in [-0.15, -0.1) is 0 Å². The van der Waals surface area contributed by atoms with E-state index in [1.54, 1.807) is 0 Å². The minimum Gasteiger partial charge on any atom is -0.317 e. The molecule has 0 radical (unpaired) electrons. The van der Waals surface area contributed by atoms with Crippen molar-refractivity contribution in [3.63, 3.8) is 0 Å². The van der Waals surface area contributed by atoms with Gasteiger partial charge in [-0.3, -0.25) is 0 Å². The Labute approximate surface area is 107 Å². The second-order valence-electron chi connectivity index (χ2n) is 4.20. The van der Waals surface area contributed by atoms with E-state index in [-0.39, 0.29) is 0 Å². The van der Waals surface area contributed by atoms with E-state index >= 15 is 0 Å². The number of nitrogens with one attached hydrogen (secondary N) is 1. The first-order valence-corrected chi connectivity index (χ1v) is 6.62. The summed E-state index contributed by atoms with van der Waals surface area (Å²) in [4.78, 5) is 2.36. The molecule has 0 aliphatic rings. The predicted molar refractivity (Wildman–Crippen MR) is 77.3 cm³/mol. The van der Waals surface area contributed by atoms with Crippen molar-refractivity contribution < 1.29 is 0 Å². The minimum atomic E-state index is 0.600. The van der Waals surface area contributed by atoms with E-state index in [4.69, 9.17) is 0 Å². The summed E-state index contributed by atoms with van der Waals surface area (Å²) in [5, 5.41) is 3.26. The molecule has 0 saturated carbocycles. The molecule has 17 heavy (non-hydrogen) atoms. The van der Waals surface area contributed by atoms with Crippen molar-refractivity contribution in [2.45, 2.75) is 39.8 Å². The maximum absolute atomic E-state index is 3.26. The lowest BCUT2D eigenvalue weighted by Crippen LogP contribution is -2.28. The molecular weight excluding hydrogens is 208 g/mol. The maximum Gasteiger partial charge on any atom is 0.0230 e. The topological polar surface area (TPSA) is 15.3 Å². The third kappa shape index (κ3) is 7.94. The largest absolute Gasteiger partial charge is 0.317 e. The average Bonchev–Trinajstić information content (AvgIpc) is 2.39. The fraction of sp³-hybridized carbons (Fsp3) is 0.600. The Morgan fingerprint density at radius 3 is 2.29 bits per heavy atom. The fourth-order valence-corrected chi connectivity index (χ4v) is 1.53. The van der Waals surface area contributed by atoms with E-state index in [1.807, 2.05) is 20.9 Å². The molecule has 2 heteroatoms. The van der Waals surface area contributed by atoms with Crippen molar-refractivity contribution in [2.24, 2.45) is 0 Å². The first-order valence-electron chi connectivity index (χ1n) is 6.62. The van der Waals surface area contributed by atoms with Crippen LogP contribution in [0.4, 0.5) is 0 Å². The molecule has 1 atom stereocenters. The highest BCUT2D eigenvalue weighted by molar-refractivity contribution is 5.14.